The summed E-state index contributed by atoms with van der Waals surface area (Å²) in [5.41, 5.74) is 4.00. The van der Waals surface area contributed by atoms with Crippen LogP contribution in [-0.4, -0.2) is 36.4 Å². The van der Waals surface area contributed by atoms with Crippen molar-refractivity contribution in [1.29, 1.82) is 0 Å². The quantitative estimate of drug-likeness (QED) is 0.641. The first-order valence-electron chi connectivity index (χ1n) is 10.8. The standard InChI is InChI=1S/C25H28N2O3/c1-3-15-27-24(28)22(19-11-13-20(14-12-19)30-17-4-2)23(25(27)29)26-16-7-9-18-8-5-6-10-21(18)26/h5-6,8,10-14H,3-4,7,9,15-17H2,1-2H3. The van der Waals surface area contributed by atoms with E-state index in [9.17, 15) is 9.59 Å². The predicted molar refractivity (Wildman–Crippen MR) is 118 cm³/mol. The van der Waals surface area contributed by atoms with Crippen LogP contribution in [0.4, 0.5) is 5.69 Å². The number of nitrogens with zero attached hydrogens (tertiary/aromatic N) is 2. The lowest BCUT2D eigenvalue weighted by Gasteiger charge is -2.32. The number of amides is 2. The number of hydrogen-bond acceptors (Lipinski definition) is 4. The van der Waals surface area contributed by atoms with Gasteiger partial charge in [0.25, 0.3) is 11.8 Å². The monoisotopic (exact) mass is 404 g/mol. The summed E-state index contributed by atoms with van der Waals surface area (Å²) in [5, 5.41) is 0. The molecule has 0 aromatic heterocycles. The van der Waals surface area contributed by atoms with E-state index in [0.29, 0.717) is 24.4 Å². The topological polar surface area (TPSA) is 49.9 Å². The Morgan fingerprint density at radius 1 is 0.933 bits per heavy atom. The Morgan fingerprint density at radius 3 is 2.43 bits per heavy atom. The molecule has 5 heteroatoms. The van der Waals surface area contributed by atoms with Gasteiger partial charge in [-0.3, -0.25) is 14.5 Å². The smallest absolute Gasteiger partial charge is 0.278 e. The molecule has 0 spiro atoms. The largest absolute Gasteiger partial charge is 0.494 e. The van der Waals surface area contributed by atoms with Crippen LogP contribution in [0.15, 0.2) is 54.2 Å². The summed E-state index contributed by atoms with van der Waals surface area (Å²) in [6, 6.07) is 15.7. The zero-order valence-electron chi connectivity index (χ0n) is 17.7. The number of aryl methyl sites for hydroxylation is 1. The highest BCUT2D eigenvalue weighted by molar-refractivity contribution is 6.36. The van der Waals surface area contributed by atoms with E-state index in [-0.39, 0.29) is 11.8 Å². The van der Waals surface area contributed by atoms with Gasteiger partial charge in [0.1, 0.15) is 11.4 Å². The van der Waals surface area contributed by atoms with E-state index in [1.165, 1.54) is 10.5 Å². The van der Waals surface area contributed by atoms with E-state index in [2.05, 4.69) is 13.0 Å². The molecule has 2 aliphatic heterocycles. The molecular formula is C25H28N2O3. The van der Waals surface area contributed by atoms with Crippen molar-refractivity contribution < 1.29 is 14.3 Å². The number of fused-ring (bicyclic) bond motifs is 1. The second kappa shape index (κ2) is 8.74. The summed E-state index contributed by atoms with van der Waals surface area (Å²) >= 11 is 0. The molecule has 156 valence electrons. The summed E-state index contributed by atoms with van der Waals surface area (Å²) in [6.07, 6.45) is 3.61. The predicted octanol–water partition coefficient (Wildman–Crippen LogP) is 4.42. The third-order valence-electron chi connectivity index (χ3n) is 5.59. The van der Waals surface area contributed by atoms with Crippen LogP contribution in [0.5, 0.6) is 5.75 Å². The maximum absolute atomic E-state index is 13.4. The van der Waals surface area contributed by atoms with Crippen molar-refractivity contribution in [2.24, 2.45) is 0 Å². The SMILES string of the molecule is CCCOc1ccc(C2=C(N3CCCc4ccccc43)C(=O)N(CCC)C2=O)cc1. The fourth-order valence-electron chi connectivity index (χ4n) is 4.20. The summed E-state index contributed by atoms with van der Waals surface area (Å²) in [6.45, 7) is 5.85. The molecule has 0 bridgehead atoms. The number of ether oxygens (including phenoxy) is 1. The second-order valence-corrected chi connectivity index (χ2v) is 7.74. The Morgan fingerprint density at radius 2 is 1.70 bits per heavy atom. The highest BCUT2D eigenvalue weighted by Gasteiger charge is 2.42. The normalized spacial score (nSPS) is 16.3. The minimum absolute atomic E-state index is 0.195. The molecule has 0 fully saturated rings. The van der Waals surface area contributed by atoms with Gasteiger partial charge < -0.3 is 9.64 Å². The molecule has 4 rings (SSSR count). The summed E-state index contributed by atoms with van der Waals surface area (Å²) in [4.78, 5) is 30.1. The minimum Gasteiger partial charge on any atom is -0.494 e. The Balaban J connectivity index is 1.80. The molecule has 0 saturated heterocycles. The van der Waals surface area contributed by atoms with Crippen molar-refractivity contribution in [2.45, 2.75) is 39.5 Å². The van der Waals surface area contributed by atoms with Crippen molar-refractivity contribution in [3.63, 3.8) is 0 Å². The van der Waals surface area contributed by atoms with Crippen LogP contribution in [-0.2, 0) is 16.0 Å². The van der Waals surface area contributed by atoms with Gasteiger partial charge in [0.2, 0.25) is 0 Å². The molecule has 0 atom stereocenters. The maximum Gasteiger partial charge on any atom is 0.278 e. The lowest BCUT2D eigenvalue weighted by molar-refractivity contribution is -0.136. The van der Waals surface area contributed by atoms with E-state index in [0.717, 1.165) is 49.2 Å². The Hall–Kier alpha value is -3.08. The van der Waals surface area contributed by atoms with E-state index in [4.69, 9.17) is 4.74 Å². The first-order valence-corrected chi connectivity index (χ1v) is 10.8. The Kier molecular flexibility index (Phi) is 5.88. The van der Waals surface area contributed by atoms with Gasteiger partial charge in [-0.05, 0) is 55.0 Å². The molecule has 2 heterocycles. The van der Waals surface area contributed by atoms with E-state index in [1.807, 2.05) is 54.3 Å². The lowest BCUT2D eigenvalue weighted by atomic mass is 9.98. The van der Waals surface area contributed by atoms with Crippen LogP contribution in [0.25, 0.3) is 5.57 Å². The van der Waals surface area contributed by atoms with E-state index >= 15 is 0 Å². The number of rotatable bonds is 7. The molecule has 2 aromatic carbocycles. The maximum atomic E-state index is 13.4. The van der Waals surface area contributed by atoms with Crippen LogP contribution in [0.1, 0.15) is 44.2 Å². The molecule has 30 heavy (non-hydrogen) atoms. The molecular weight excluding hydrogens is 376 g/mol. The highest BCUT2D eigenvalue weighted by atomic mass is 16.5. The molecule has 2 aromatic rings. The number of anilines is 1. The van der Waals surface area contributed by atoms with Crippen LogP contribution in [0, 0.1) is 0 Å². The number of carbonyl (C=O) groups is 2. The van der Waals surface area contributed by atoms with Crippen LogP contribution in [0.2, 0.25) is 0 Å². The molecule has 0 N–H and O–H groups in total. The summed E-state index contributed by atoms with van der Waals surface area (Å²) in [7, 11) is 0. The Bertz CT molecular complexity index is 978. The fourth-order valence-corrected chi connectivity index (χ4v) is 4.20. The van der Waals surface area contributed by atoms with Crippen molar-refractivity contribution in [3.05, 3.63) is 65.4 Å². The first-order chi connectivity index (χ1) is 14.7. The van der Waals surface area contributed by atoms with Crippen molar-refractivity contribution >= 4 is 23.1 Å². The molecule has 0 unspecified atom stereocenters. The van der Waals surface area contributed by atoms with Crippen LogP contribution in [0.3, 0.4) is 0 Å². The zero-order valence-corrected chi connectivity index (χ0v) is 17.7. The molecule has 0 saturated carbocycles. The highest BCUT2D eigenvalue weighted by Crippen LogP contribution is 2.38. The average Bonchev–Trinajstić information content (AvgIpc) is 3.02. The molecule has 2 aliphatic rings. The van der Waals surface area contributed by atoms with Gasteiger partial charge in [-0.25, -0.2) is 0 Å². The molecule has 0 radical (unpaired) electrons. The number of para-hydroxylation sites is 1. The van der Waals surface area contributed by atoms with Gasteiger partial charge in [0.15, 0.2) is 0 Å². The van der Waals surface area contributed by atoms with Gasteiger partial charge in [0.05, 0.1) is 12.2 Å². The zero-order chi connectivity index (χ0) is 21.1. The van der Waals surface area contributed by atoms with Crippen molar-refractivity contribution in [2.75, 3.05) is 24.6 Å². The average molecular weight is 405 g/mol. The van der Waals surface area contributed by atoms with Crippen LogP contribution < -0.4 is 9.64 Å². The van der Waals surface area contributed by atoms with E-state index in [1.54, 1.807) is 0 Å². The Labute approximate surface area is 177 Å². The summed E-state index contributed by atoms with van der Waals surface area (Å²) < 4.78 is 5.68. The molecule has 5 nitrogen and oxygen atoms in total. The lowest BCUT2D eigenvalue weighted by Crippen LogP contribution is -2.37. The van der Waals surface area contributed by atoms with Gasteiger partial charge in [-0.2, -0.15) is 0 Å². The summed E-state index contributed by atoms with van der Waals surface area (Å²) in [5.74, 6) is 0.371. The van der Waals surface area contributed by atoms with Crippen molar-refractivity contribution in [3.8, 4) is 5.75 Å². The second-order valence-electron chi connectivity index (χ2n) is 7.74. The first kappa shape index (κ1) is 20.2. The van der Waals surface area contributed by atoms with Gasteiger partial charge in [0, 0.05) is 18.8 Å². The molecule has 0 aliphatic carbocycles. The third-order valence-corrected chi connectivity index (χ3v) is 5.59. The number of imide groups is 1. The van der Waals surface area contributed by atoms with Gasteiger partial charge >= 0.3 is 0 Å². The van der Waals surface area contributed by atoms with Gasteiger partial charge in [-0.1, -0.05) is 44.2 Å². The third kappa shape index (κ3) is 3.60. The number of carbonyl (C=O) groups excluding carboxylic acids is 2. The van der Waals surface area contributed by atoms with Crippen molar-refractivity contribution in [1.82, 2.24) is 4.90 Å². The minimum atomic E-state index is -0.206. The fraction of sp³-hybridized carbons (Fsp3) is 0.360. The van der Waals surface area contributed by atoms with Crippen LogP contribution >= 0.6 is 0 Å². The van der Waals surface area contributed by atoms with E-state index < -0.39 is 0 Å². The molecule has 2 amide bonds. The van der Waals surface area contributed by atoms with Gasteiger partial charge in [-0.15, -0.1) is 0 Å². The number of benzene rings is 2. The number of hydrogen-bond donors (Lipinski definition) is 0.